The second-order valence-corrected chi connectivity index (χ2v) is 11.2. The predicted octanol–water partition coefficient (Wildman–Crippen LogP) is 3.44. The van der Waals surface area contributed by atoms with E-state index in [4.69, 9.17) is 0 Å². The van der Waals surface area contributed by atoms with Gasteiger partial charge in [0.1, 0.15) is 10.8 Å². The number of sulfone groups is 2. The summed E-state index contributed by atoms with van der Waals surface area (Å²) in [5.74, 6) is -0.386. The zero-order valence-electron chi connectivity index (χ0n) is 15.0. The summed E-state index contributed by atoms with van der Waals surface area (Å²) in [6, 6.07) is 11.9. The van der Waals surface area contributed by atoms with Gasteiger partial charge in [-0.25, -0.2) is 26.2 Å². The van der Waals surface area contributed by atoms with Gasteiger partial charge >= 0.3 is 0 Å². The summed E-state index contributed by atoms with van der Waals surface area (Å²) < 4.78 is 62.6. The molecule has 0 aliphatic rings. The van der Waals surface area contributed by atoms with Crippen molar-refractivity contribution in [2.45, 2.75) is 27.7 Å². The highest BCUT2D eigenvalue weighted by Gasteiger charge is 2.29. The van der Waals surface area contributed by atoms with E-state index in [2.05, 4.69) is 10.3 Å². The molecule has 0 aliphatic carbocycles. The van der Waals surface area contributed by atoms with E-state index in [1.54, 1.807) is 24.3 Å². The second kappa shape index (κ2) is 7.61. The van der Waals surface area contributed by atoms with Crippen molar-refractivity contribution >= 4 is 36.0 Å². The molecule has 0 fully saturated rings. The molecule has 0 spiro atoms. The lowest BCUT2D eigenvalue weighted by molar-refractivity contribution is 0.591. The van der Waals surface area contributed by atoms with E-state index in [1.807, 2.05) is 6.92 Å². The average molecular weight is 441 g/mol. The van der Waals surface area contributed by atoms with Gasteiger partial charge in [-0.05, 0) is 36.8 Å². The molecule has 3 rings (SSSR count). The third-order valence-electron chi connectivity index (χ3n) is 3.85. The zero-order chi connectivity index (χ0) is 20.5. The molecule has 0 unspecified atom stereocenters. The summed E-state index contributed by atoms with van der Waals surface area (Å²) in [5, 5.41) is 2.69. The third kappa shape index (κ3) is 4.40. The SMILES string of the molecule is Cc1ccc(S(=O)(=O)c2nc(S(C)(=O)=O)sc2NCc2ccc(F)cc2)cc1. The zero-order valence-corrected chi connectivity index (χ0v) is 17.5. The normalized spacial score (nSPS) is 12.1. The standard InChI is InChI=1S/C18H17FN2O4S3/c1-12-3-9-15(10-4-12)28(24,25)17-16(26-18(21-17)27(2,22)23)20-11-13-5-7-14(19)8-6-13/h3-10,20H,11H2,1-2H3. The first-order valence-corrected chi connectivity index (χ1v) is 12.3. The molecule has 1 heterocycles. The Morgan fingerprint density at radius 3 is 2.18 bits per heavy atom. The van der Waals surface area contributed by atoms with E-state index >= 15 is 0 Å². The summed E-state index contributed by atoms with van der Waals surface area (Å²) in [4.78, 5) is 3.92. The fourth-order valence-electron chi connectivity index (χ4n) is 2.35. The fourth-order valence-corrected chi connectivity index (χ4v) is 5.87. The minimum atomic E-state index is -4.02. The summed E-state index contributed by atoms with van der Waals surface area (Å²) >= 11 is 0.750. The lowest BCUT2D eigenvalue weighted by atomic mass is 10.2. The number of thiazole rings is 1. The average Bonchev–Trinajstić information content (AvgIpc) is 3.07. The van der Waals surface area contributed by atoms with Gasteiger partial charge < -0.3 is 5.32 Å². The molecule has 28 heavy (non-hydrogen) atoms. The van der Waals surface area contributed by atoms with Crippen molar-refractivity contribution in [2.75, 3.05) is 11.6 Å². The first-order valence-electron chi connectivity index (χ1n) is 8.08. The smallest absolute Gasteiger partial charge is 0.226 e. The van der Waals surface area contributed by atoms with Gasteiger partial charge in [0.2, 0.25) is 24.0 Å². The van der Waals surface area contributed by atoms with Crippen molar-refractivity contribution in [2.24, 2.45) is 0 Å². The molecular weight excluding hydrogens is 423 g/mol. The van der Waals surface area contributed by atoms with Gasteiger partial charge in [0.05, 0.1) is 4.90 Å². The second-order valence-electron chi connectivity index (χ2n) is 6.18. The molecule has 0 saturated carbocycles. The maximum atomic E-state index is 13.0. The van der Waals surface area contributed by atoms with Crippen LogP contribution in [0.4, 0.5) is 9.39 Å². The van der Waals surface area contributed by atoms with Gasteiger partial charge in [0.25, 0.3) is 0 Å². The lowest BCUT2D eigenvalue weighted by Gasteiger charge is -2.08. The molecular formula is C18H17FN2O4S3. The third-order valence-corrected chi connectivity index (χ3v) is 8.36. The summed E-state index contributed by atoms with van der Waals surface area (Å²) in [5.41, 5.74) is 1.60. The summed E-state index contributed by atoms with van der Waals surface area (Å²) in [6.07, 6.45) is 0.970. The highest BCUT2D eigenvalue weighted by atomic mass is 32.2. The van der Waals surface area contributed by atoms with E-state index in [-0.39, 0.29) is 31.6 Å². The molecule has 2 aromatic carbocycles. The summed E-state index contributed by atoms with van der Waals surface area (Å²) in [6.45, 7) is 2.01. The van der Waals surface area contributed by atoms with Crippen LogP contribution in [0.25, 0.3) is 0 Å². The van der Waals surface area contributed by atoms with Crippen molar-refractivity contribution in [1.82, 2.24) is 4.98 Å². The van der Waals surface area contributed by atoms with E-state index < -0.39 is 19.7 Å². The number of hydrogen-bond acceptors (Lipinski definition) is 7. The van der Waals surface area contributed by atoms with Crippen molar-refractivity contribution in [3.05, 3.63) is 65.5 Å². The molecule has 0 amide bonds. The number of aromatic nitrogens is 1. The number of hydrogen-bond donors (Lipinski definition) is 1. The van der Waals surface area contributed by atoms with Crippen molar-refractivity contribution in [1.29, 1.82) is 0 Å². The number of rotatable bonds is 6. The number of halogens is 1. The minimum absolute atomic E-state index is 0.0216. The molecule has 1 aromatic heterocycles. The molecule has 3 aromatic rings. The summed E-state index contributed by atoms with van der Waals surface area (Å²) in [7, 11) is -7.71. The number of aryl methyl sites for hydroxylation is 1. The highest BCUT2D eigenvalue weighted by molar-refractivity contribution is 7.93. The molecule has 0 saturated heterocycles. The van der Waals surface area contributed by atoms with Crippen LogP contribution in [0.5, 0.6) is 0 Å². The number of nitrogens with zero attached hydrogens (tertiary/aromatic N) is 1. The number of benzene rings is 2. The molecule has 0 aliphatic heterocycles. The largest absolute Gasteiger partial charge is 0.370 e. The van der Waals surface area contributed by atoms with Crippen LogP contribution in [0.2, 0.25) is 0 Å². The molecule has 0 radical (unpaired) electrons. The lowest BCUT2D eigenvalue weighted by Crippen LogP contribution is -2.07. The van der Waals surface area contributed by atoms with Crippen molar-refractivity contribution in [3.8, 4) is 0 Å². The topological polar surface area (TPSA) is 93.2 Å². The Balaban J connectivity index is 2.02. The highest BCUT2D eigenvalue weighted by Crippen LogP contribution is 2.35. The Labute approximate surface area is 166 Å². The van der Waals surface area contributed by atoms with E-state index in [0.29, 0.717) is 5.56 Å². The van der Waals surface area contributed by atoms with Gasteiger partial charge in [-0.2, -0.15) is 0 Å². The molecule has 6 nitrogen and oxygen atoms in total. The molecule has 10 heteroatoms. The maximum Gasteiger partial charge on any atom is 0.226 e. The maximum absolute atomic E-state index is 13.0. The van der Waals surface area contributed by atoms with Crippen LogP contribution in [0.15, 0.2) is 62.8 Å². The molecule has 0 atom stereocenters. The quantitative estimate of drug-likeness (QED) is 0.631. The number of nitrogens with one attached hydrogen (secondary N) is 1. The predicted molar refractivity (Wildman–Crippen MR) is 106 cm³/mol. The van der Waals surface area contributed by atoms with Crippen LogP contribution in [-0.4, -0.2) is 28.1 Å². The monoisotopic (exact) mass is 440 g/mol. The molecule has 0 bridgehead atoms. The van der Waals surface area contributed by atoms with Crippen LogP contribution in [0, 0.1) is 12.7 Å². The number of anilines is 1. The Bertz CT molecular complexity index is 1200. The van der Waals surface area contributed by atoms with Crippen molar-refractivity contribution in [3.63, 3.8) is 0 Å². The van der Waals surface area contributed by atoms with Gasteiger partial charge in [-0.15, -0.1) is 0 Å². The first kappa shape index (κ1) is 20.4. The van der Waals surface area contributed by atoms with Crippen molar-refractivity contribution < 1.29 is 21.2 Å². The molecule has 1 N–H and O–H groups in total. The van der Waals surface area contributed by atoms with E-state index in [1.165, 1.54) is 24.3 Å². The molecule has 148 valence electrons. The Hall–Kier alpha value is -2.30. The Morgan fingerprint density at radius 2 is 1.61 bits per heavy atom. The first-order chi connectivity index (χ1) is 13.1. The fraction of sp³-hybridized carbons (Fsp3) is 0.167. The van der Waals surface area contributed by atoms with Gasteiger partial charge in [0, 0.05) is 12.8 Å². The van der Waals surface area contributed by atoms with Crippen LogP contribution in [-0.2, 0) is 26.2 Å². The van der Waals surface area contributed by atoms with E-state index in [0.717, 1.165) is 23.2 Å². The Morgan fingerprint density at radius 1 is 1.00 bits per heavy atom. The van der Waals surface area contributed by atoms with Crippen LogP contribution < -0.4 is 5.32 Å². The van der Waals surface area contributed by atoms with Crippen LogP contribution >= 0.6 is 11.3 Å². The Kier molecular flexibility index (Phi) is 5.55. The van der Waals surface area contributed by atoms with Crippen LogP contribution in [0.3, 0.4) is 0 Å². The van der Waals surface area contributed by atoms with E-state index in [9.17, 15) is 21.2 Å². The minimum Gasteiger partial charge on any atom is -0.370 e. The van der Waals surface area contributed by atoms with Crippen LogP contribution in [0.1, 0.15) is 11.1 Å². The van der Waals surface area contributed by atoms with Gasteiger partial charge in [-0.1, -0.05) is 41.2 Å². The van der Waals surface area contributed by atoms with Gasteiger partial charge in [-0.3, -0.25) is 0 Å². The van der Waals surface area contributed by atoms with Gasteiger partial charge in [0.15, 0.2) is 5.03 Å².